The zero-order valence-corrected chi connectivity index (χ0v) is 11.5. The highest BCUT2D eigenvalue weighted by atomic mass is 15.3. The van der Waals surface area contributed by atoms with Crippen molar-refractivity contribution >= 4 is 23.4 Å². The molecular formula is C14H15N7. The number of hydrogen-bond acceptors (Lipinski definition) is 6. The molecule has 0 spiro atoms. The summed E-state index contributed by atoms with van der Waals surface area (Å²) in [7, 11) is 0. The molecule has 3 rings (SSSR count). The van der Waals surface area contributed by atoms with Crippen molar-refractivity contribution in [2.45, 2.75) is 12.8 Å². The number of hydrogen-bond donors (Lipinski definition) is 2. The molecule has 7 heteroatoms. The Balaban J connectivity index is 1.92. The van der Waals surface area contributed by atoms with Gasteiger partial charge in [0, 0.05) is 31.7 Å². The highest BCUT2D eigenvalue weighted by Crippen LogP contribution is 2.21. The summed E-state index contributed by atoms with van der Waals surface area (Å²) in [6, 6.07) is 3.88. The summed E-state index contributed by atoms with van der Waals surface area (Å²) in [6.07, 6.45) is 8.42. The van der Waals surface area contributed by atoms with Gasteiger partial charge in [0.2, 0.25) is 0 Å². The number of anilines is 2. The van der Waals surface area contributed by atoms with Gasteiger partial charge >= 0.3 is 0 Å². The van der Waals surface area contributed by atoms with Gasteiger partial charge in [0.15, 0.2) is 5.65 Å². The van der Waals surface area contributed by atoms with Crippen molar-refractivity contribution in [2.75, 3.05) is 23.3 Å². The van der Waals surface area contributed by atoms with Crippen molar-refractivity contribution in [3.8, 4) is 6.07 Å². The number of nitrogens with one attached hydrogen (secondary N) is 2. The highest BCUT2D eigenvalue weighted by Gasteiger charge is 2.15. The van der Waals surface area contributed by atoms with Crippen molar-refractivity contribution in [2.24, 2.45) is 0 Å². The second-order valence-electron chi connectivity index (χ2n) is 4.81. The SMILES string of the molecule is N#C/C(C=N)=C/Nc1cnn2ccc(N3CCCC3)nc12. The van der Waals surface area contributed by atoms with Crippen LogP contribution in [0.5, 0.6) is 0 Å². The first-order valence-electron chi connectivity index (χ1n) is 6.78. The number of nitriles is 1. The molecule has 0 atom stereocenters. The van der Waals surface area contributed by atoms with E-state index in [1.54, 1.807) is 10.7 Å². The molecule has 1 aliphatic rings. The molecule has 3 heterocycles. The zero-order chi connectivity index (χ0) is 14.7. The fourth-order valence-electron chi connectivity index (χ4n) is 2.35. The molecule has 1 aliphatic heterocycles. The summed E-state index contributed by atoms with van der Waals surface area (Å²) in [5, 5.41) is 23.1. The quantitative estimate of drug-likeness (QED) is 0.658. The maximum absolute atomic E-state index is 8.80. The van der Waals surface area contributed by atoms with Crippen LogP contribution >= 0.6 is 0 Å². The lowest BCUT2D eigenvalue weighted by molar-refractivity contribution is 0.899. The molecule has 21 heavy (non-hydrogen) atoms. The predicted molar refractivity (Wildman–Crippen MR) is 80.5 cm³/mol. The summed E-state index contributed by atoms with van der Waals surface area (Å²) >= 11 is 0. The Morgan fingerprint density at radius 2 is 2.24 bits per heavy atom. The molecule has 1 saturated heterocycles. The van der Waals surface area contributed by atoms with Crippen molar-refractivity contribution in [3.05, 3.63) is 30.2 Å². The Labute approximate surface area is 122 Å². The Hall–Kier alpha value is -2.88. The van der Waals surface area contributed by atoms with Gasteiger partial charge in [-0.25, -0.2) is 9.50 Å². The molecule has 0 aromatic carbocycles. The van der Waals surface area contributed by atoms with E-state index in [2.05, 4.69) is 20.3 Å². The third-order valence-corrected chi connectivity index (χ3v) is 3.45. The van der Waals surface area contributed by atoms with Crippen LogP contribution in [-0.4, -0.2) is 33.9 Å². The molecule has 0 bridgehead atoms. The molecule has 106 valence electrons. The lowest BCUT2D eigenvalue weighted by Crippen LogP contribution is -2.19. The first-order chi connectivity index (χ1) is 10.3. The minimum absolute atomic E-state index is 0.241. The van der Waals surface area contributed by atoms with E-state index in [1.807, 2.05) is 18.3 Å². The van der Waals surface area contributed by atoms with E-state index in [0.717, 1.165) is 25.1 Å². The van der Waals surface area contributed by atoms with Gasteiger partial charge in [0.25, 0.3) is 0 Å². The minimum Gasteiger partial charge on any atom is -0.356 e. The number of allylic oxidation sites excluding steroid dienone is 1. The van der Waals surface area contributed by atoms with Crippen LogP contribution < -0.4 is 10.2 Å². The molecule has 1 fully saturated rings. The smallest absolute Gasteiger partial charge is 0.180 e. The molecular weight excluding hydrogens is 266 g/mol. The molecule has 0 saturated carbocycles. The lowest BCUT2D eigenvalue weighted by Gasteiger charge is -2.16. The number of rotatable bonds is 4. The van der Waals surface area contributed by atoms with Gasteiger partial charge in [0.1, 0.15) is 17.6 Å². The zero-order valence-electron chi connectivity index (χ0n) is 11.5. The fourth-order valence-corrected chi connectivity index (χ4v) is 2.35. The normalized spacial score (nSPS) is 15.2. The van der Waals surface area contributed by atoms with E-state index >= 15 is 0 Å². The van der Waals surface area contributed by atoms with Crippen LogP contribution in [0.1, 0.15) is 12.8 Å². The second kappa shape index (κ2) is 5.63. The summed E-state index contributed by atoms with van der Waals surface area (Å²) in [5.74, 6) is 0.945. The molecule has 2 N–H and O–H groups in total. The molecule has 2 aromatic heterocycles. The Morgan fingerprint density at radius 1 is 1.43 bits per heavy atom. The highest BCUT2D eigenvalue weighted by molar-refractivity contribution is 5.82. The van der Waals surface area contributed by atoms with Gasteiger partial charge in [-0.3, -0.25) is 0 Å². The summed E-state index contributed by atoms with van der Waals surface area (Å²) in [5.41, 5.74) is 1.66. The average Bonchev–Trinajstić information content (AvgIpc) is 3.17. The molecule has 0 amide bonds. The van der Waals surface area contributed by atoms with Gasteiger partial charge in [0.05, 0.1) is 11.8 Å². The van der Waals surface area contributed by atoms with Gasteiger partial charge < -0.3 is 15.6 Å². The Morgan fingerprint density at radius 3 is 2.95 bits per heavy atom. The van der Waals surface area contributed by atoms with Crippen molar-refractivity contribution in [1.82, 2.24) is 14.6 Å². The third-order valence-electron chi connectivity index (χ3n) is 3.45. The number of nitrogens with zero attached hydrogens (tertiary/aromatic N) is 5. The number of fused-ring (bicyclic) bond motifs is 1. The van der Waals surface area contributed by atoms with Gasteiger partial charge in [-0.2, -0.15) is 10.4 Å². The summed E-state index contributed by atoms with van der Waals surface area (Å²) < 4.78 is 1.69. The van der Waals surface area contributed by atoms with Gasteiger partial charge in [-0.15, -0.1) is 0 Å². The van der Waals surface area contributed by atoms with Crippen molar-refractivity contribution in [1.29, 1.82) is 10.7 Å². The van der Waals surface area contributed by atoms with Crippen LogP contribution in [0, 0.1) is 16.7 Å². The standard InChI is InChI=1S/C14H15N7/c15-7-11(8-16)9-17-12-10-18-21-6-3-13(19-14(12)21)20-4-1-2-5-20/h3,6-7,9-10,15,17H,1-2,4-5H2/b11-9+,15-7?. The van der Waals surface area contributed by atoms with Crippen LogP contribution in [0.3, 0.4) is 0 Å². The van der Waals surface area contributed by atoms with E-state index in [4.69, 9.17) is 10.7 Å². The Bertz CT molecular complexity index is 731. The van der Waals surface area contributed by atoms with Crippen LogP contribution in [-0.2, 0) is 0 Å². The molecule has 0 radical (unpaired) electrons. The average molecular weight is 281 g/mol. The first kappa shape index (κ1) is 13.1. The van der Waals surface area contributed by atoms with Gasteiger partial charge in [-0.05, 0) is 18.9 Å². The topological polar surface area (TPSA) is 93.1 Å². The summed E-state index contributed by atoms with van der Waals surface area (Å²) in [4.78, 5) is 6.90. The Kier molecular flexibility index (Phi) is 3.51. The van der Waals surface area contributed by atoms with E-state index in [1.165, 1.54) is 19.0 Å². The largest absolute Gasteiger partial charge is 0.356 e. The molecule has 0 aliphatic carbocycles. The second-order valence-corrected chi connectivity index (χ2v) is 4.81. The molecule has 2 aromatic rings. The first-order valence-corrected chi connectivity index (χ1v) is 6.78. The maximum Gasteiger partial charge on any atom is 0.180 e. The van der Waals surface area contributed by atoms with E-state index in [9.17, 15) is 0 Å². The lowest BCUT2D eigenvalue weighted by atomic mass is 10.3. The van der Waals surface area contributed by atoms with Crippen molar-refractivity contribution in [3.63, 3.8) is 0 Å². The maximum atomic E-state index is 8.80. The third kappa shape index (κ3) is 2.56. The van der Waals surface area contributed by atoms with Crippen LogP contribution in [0.15, 0.2) is 30.2 Å². The van der Waals surface area contributed by atoms with Crippen molar-refractivity contribution < 1.29 is 0 Å². The van der Waals surface area contributed by atoms with E-state index in [-0.39, 0.29) is 5.57 Å². The number of aromatic nitrogens is 3. The summed E-state index contributed by atoms with van der Waals surface area (Å²) in [6.45, 7) is 2.07. The van der Waals surface area contributed by atoms with Gasteiger partial charge in [-0.1, -0.05) is 0 Å². The molecule has 7 nitrogen and oxygen atoms in total. The minimum atomic E-state index is 0.241. The van der Waals surface area contributed by atoms with Crippen LogP contribution in [0.25, 0.3) is 5.65 Å². The fraction of sp³-hybridized carbons (Fsp3) is 0.286. The molecule has 0 unspecified atom stereocenters. The van der Waals surface area contributed by atoms with E-state index in [0.29, 0.717) is 11.3 Å². The van der Waals surface area contributed by atoms with E-state index < -0.39 is 0 Å². The monoisotopic (exact) mass is 281 g/mol. The predicted octanol–water partition coefficient (Wildman–Crippen LogP) is 1.80. The van der Waals surface area contributed by atoms with Crippen LogP contribution in [0.2, 0.25) is 0 Å². The van der Waals surface area contributed by atoms with Crippen LogP contribution in [0.4, 0.5) is 11.5 Å².